The number of hydrogen-bond acceptors (Lipinski definition) is 5. The van der Waals surface area contributed by atoms with Gasteiger partial charge in [0.05, 0.1) is 30.3 Å². The maximum atomic E-state index is 13.6. The largest absolute Gasteiger partial charge is 0.465 e. The third kappa shape index (κ3) is 3.54. The smallest absolute Gasteiger partial charge is 0.338 e. The predicted molar refractivity (Wildman–Crippen MR) is 118 cm³/mol. The monoisotopic (exact) mass is 415 g/mol. The molecule has 0 aliphatic rings. The summed E-state index contributed by atoms with van der Waals surface area (Å²) < 4.78 is 7.41. The highest BCUT2D eigenvalue weighted by Gasteiger charge is 2.23. The Morgan fingerprint density at radius 1 is 1.00 bits per heavy atom. The zero-order valence-electron chi connectivity index (χ0n) is 17.5. The van der Waals surface area contributed by atoms with Crippen LogP contribution in [0.3, 0.4) is 0 Å². The van der Waals surface area contributed by atoms with E-state index >= 15 is 0 Å². The molecule has 0 saturated carbocycles. The molecule has 4 rings (SSSR count). The van der Waals surface area contributed by atoms with E-state index in [-0.39, 0.29) is 23.1 Å². The van der Waals surface area contributed by atoms with Gasteiger partial charge in [-0.2, -0.15) is 0 Å². The maximum absolute atomic E-state index is 13.6. The summed E-state index contributed by atoms with van der Waals surface area (Å²) in [5.41, 5.74) is 1.93. The molecular weight excluding hydrogens is 394 g/mol. The van der Waals surface area contributed by atoms with Crippen LogP contribution in [0.2, 0.25) is 0 Å². The minimum absolute atomic E-state index is 0.0505. The molecule has 0 aliphatic carbocycles. The predicted octanol–water partition coefficient (Wildman–Crippen LogP) is 3.00. The van der Waals surface area contributed by atoms with Gasteiger partial charge in [0, 0.05) is 5.69 Å². The van der Waals surface area contributed by atoms with Gasteiger partial charge in [0.25, 0.3) is 5.56 Å². The number of hydrogen-bond donors (Lipinski definition) is 0. The number of nitrogens with zero attached hydrogens (tertiary/aromatic N) is 3. The van der Waals surface area contributed by atoms with E-state index in [2.05, 4.69) is 4.98 Å². The van der Waals surface area contributed by atoms with E-state index in [9.17, 15) is 14.4 Å². The van der Waals surface area contributed by atoms with Gasteiger partial charge in [0.1, 0.15) is 0 Å². The highest BCUT2D eigenvalue weighted by molar-refractivity contribution is 6.02. The van der Waals surface area contributed by atoms with Crippen molar-refractivity contribution in [1.82, 2.24) is 14.1 Å². The summed E-state index contributed by atoms with van der Waals surface area (Å²) >= 11 is 0. The van der Waals surface area contributed by atoms with Gasteiger partial charge in [-0.1, -0.05) is 42.5 Å². The minimum atomic E-state index is -0.659. The Kier molecular flexibility index (Phi) is 5.25. The van der Waals surface area contributed by atoms with Crippen LogP contribution >= 0.6 is 0 Å². The first-order valence-electron chi connectivity index (χ1n) is 9.78. The molecule has 0 spiro atoms. The van der Waals surface area contributed by atoms with Gasteiger partial charge in [0.15, 0.2) is 5.65 Å². The quantitative estimate of drug-likeness (QED) is 0.479. The first kappa shape index (κ1) is 20.3. The van der Waals surface area contributed by atoms with E-state index in [1.54, 1.807) is 31.2 Å². The second-order valence-electron chi connectivity index (χ2n) is 7.27. The Morgan fingerprint density at radius 2 is 1.68 bits per heavy atom. The summed E-state index contributed by atoms with van der Waals surface area (Å²) in [5, 5.41) is 0.0505. The van der Waals surface area contributed by atoms with E-state index in [0.717, 1.165) is 15.7 Å². The van der Waals surface area contributed by atoms with Crippen LogP contribution in [0.1, 0.15) is 27.2 Å². The lowest BCUT2D eigenvalue weighted by Crippen LogP contribution is -2.41. The molecule has 0 radical (unpaired) electrons. The van der Waals surface area contributed by atoms with Crippen LogP contribution in [-0.4, -0.2) is 27.2 Å². The Labute approximate surface area is 178 Å². The van der Waals surface area contributed by atoms with Crippen molar-refractivity contribution in [1.29, 1.82) is 0 Å². The molecule has 0 saturated heterocycles. The van der Waals surface area contributed by atoms with Crippen molar-refractivity contribution < 1.29 is 9.53 Å². The molecule has 2 heterocycles. The Balaban J connectivity index is 2.16. The van der Waals surface area contributed by atoms with Crippen molar-refractivity contribution in [3.05, 3.63) is 104 Å². The second-order valence-corrected chi connectivity index (χ2v) is 7.27. The number of esters is 1. The fourth-order valence-corrected chi connectivity index (χ4v) is 3.64. The van der Waals surface area contributed by atoms with Gasteiger partial charge in [-0.05, 0) is 43.2 Å². The standard InChI is InChI=1S/C24H21N3O4/c1-15-9-7-8-10-17(15)14-26-22(28)20-19(23(29)31-3)13-16(2)25-21(20)27(24(26)30)18-11-5-4-6-12-18/h4-13H,14H2,1-3H3. The Hall–Kier alpha value is -4.00. The third-order valence-electron chi connectivity index (χ3n) is 5.23. The summed E-state index contributed by atoms with van der Waals surface area (Å²) in [5.74, 6) is -0.659. The maximum Gasteiger partial charge on any atom is 0.338 e. The number of methoxy groups -OCH3 is 1. The number of rotatable bonds is 4. The summed E-state index contributed by atoms with van der Waals surface area (Å²) in [7, 11) is 1.25. The third-order valence-corrected chi connectivity index (χ3v) is 5.23. The topological polar surface area (TPSA) is 83.2 Å². The van der Waals surface area contributed by atoms with Gasteiger partial charge >= 0.3 is 11.7 Å². The molecule has 4 aromatic rings. The Bertz CT molecular complexity index is 1420. The number of pyridine rings is 1. The molecular formula is C24H21N3O4. The number of fused-ring (bicyclic) bond motifs is 1. The van der Waals surface area contributed by atoms with E-state index in [1.165, 1.54) is 17.7 Å². The van der Waals surface area contributed by atoms with Crippen molar-refractivity contribution in [2.45, 2.75) is 20.4 Å². The zero-order chi connectivity index (χ0) is 22.1. The lowest BCUT2D eigenvalue weighted by molar-refractivity contribution is 0.0602. The van der Waals surface area contributed by atoms with Crippen LogP contribution in [0, 0.1) is 13.8 Å². The van der Waals surface area contributed by atoms with E-state index in [4.69, 9.17) is 4.74 Å². The van der Waals surface area contributed by atoms with Crippen LogP contribution in [0.4, 0.5) is 0 Å². The zero-order valence-corrected chi connectivity index (χ0v) is 17.5. The molecule has 0 aliphatic heterocycles. The normalized spacial score (nSPS) is 10.9. The average Bonchev–Trinajstić information content (AvgIpc) is 2.77. The summed E-state index contributed by atoms with van der Waals surface area (Å²) in [6, 6.07) is 18.0. The van der Waals surface area contributed by atoms with Crippen molar-refractivity contribution in [3.8, 4) is 5.69 Å². The lowest BCUT2D eigenvalue weighted by atomic mass is 10.1. The average molecular weight is 415 g/mol. The summed E-state index contributed by atoms with van der Waals surface area (Å²) in [6.07, 6.45) is 0. The molecule has 0 bridgehead atoms. The molecule has 0 unspecified atom stereocenters. The first-order chi connectivity index (χ1) is 14.9. The fraction of sp³-hybridized carbons (Fsp3) is 0.167. The summed E-state index contributed by atoms with van der Waals surface area (Å²) in [4.78, 5) is 44.0. The molecule has 156 valence electrons. The van der Waals surface area contributed by atoms with Gasteiger partial charge in [-0.25, -0.2) is 19.1 Å². The highest BCUT2D eigenvalue weighted by atomic mass is 16.5. The molecule has 7 heteroatoms. The number of benzene rings is 2. The highest BCUT2D eigenvalue weighted by Crippen LogP contribution is 2.19. The molecule has 2 aromatic heterocycles. The number of carbonyl (C=O) groups excluding carboxylic acids is 1. The molecule has 7 nitrogen and oxygen atoms in total. The van der Waals surface area contributed by atoms with Crippen LogP contribution in [-0.2, 0) is 11.3 Å². The van der Waals surface area contributed by atoms with Crippen LogP contribution < -0.4 is 11.2 Å². The summed E-state index contributed by atoms with van der Waals surface area (Å²) in [6.45, 7) is 3.69. The molecule has 0 N–H and O–H groups in total. The molecule has 31 heavy (non-hydrogen) atoms. The Morgan fingerprint density at radius 3 is 2.35 bits per heavy atom. The van der Waals surface area contributed by atoms with Crippen molar-refractivity contribution in [2.75, 3.05) is 7.11 Å². The van der Waals surface area contributed by atoms with Gasteiger partial charge in [0.2, 0.25) is 0 Å². The second kappa shape index (κ2) is 8.02. The first-order valence-corrected chi connectivity index (χ1v) is 9.78. The molecule has 2 aromatic carbocycles. The van der Waals surface area contributed by atoms with Crippen molar-refractivity contribution >= 4 is 17.0 Å². The minimum Gasteiger partial charge on any atom is -0.465 e. The fourth-order valence-electron chi connectivity index (χ4n) is 3.64. The van der Waals surface area contributed by atoms with Gasteiger partial charge in [-0.3, -0.25) is 9.36 Å². The van der Waals surface area contributed by atoms with E-state index < -0.39 is 17.2 Å². The van der Waals surface area contributed by atoms with Crippen LogP contribution in [0.15, 0.2) is 70.3 Å². The molecule has 0 fully saturated rings. The molecule has 0 amide bonds. The lowest BCUT2D eigenvalue weighted by Gasteiger charge is -2.16. The van der Waals surface area contributed by atoms with Crippen molar-refractivity contribution in [3.63, 3.8) is 0 Å². The number of para-hydroxylation sites is 1. The van der Waals surface area contributed by atoms with Crippen LogP contribution in [0.25, 0.3) is 16.7 Å². The number of aromatic nitrogens is 3. The number of aryl methyl sites for hydroxylation is 2. The van der Waals surface area contributed by atoms with E-state index in [1.807, 2.05) is 37.3 Å². The van der Waals surface area contributed by atoms with Crippen molar-refractivity contribution in [2.24, 2.45) is 0 Å². The number of ether oxygens (including phenoxy) is 1. The van der Waals surface area contributed by atoms with Gasteiger partial charge in [-0.15, -0.1) is 0 Å². The number of carbonyl (C=O) groups is 1. The molecule has 0 atom stereocenters. The van der Waals surface area contributed by atoms with Crippen LogP contribution in [0.5, 0.6) is 0 Å². The SMILES string of the molecule is COC(=O)c1cc(C)nc2c1c(=O)n(Cc1ccccc1C)c(=O)n2-c1ccccc1. The van der Waals surface area contributed by atoms with Gasteiger partial charge < -0.3 is 4.74 Å². The van der Waals surface area contributed by atoms with E-state index in [0.29, 0.717) is 11.4 Å².